The van der Waals surface area contributed by atoms with E-state index >= 15 is 0 Å². The van der Waals surface area contributed by atoms with Gasteiger partial charge in [0.05, 0.1) is 6.54 Å². The summed E-state index contributed by atoms with van der Waals surface area (Å²) in [5.41, 5.74) is 0. The van der Waals surface area contributed by atoms with Gasteiger partial charge in [-0.25, -0.2) is 0 Å². The van der Waals surface area contributed by atoms with Gasteiger partial charge in [0.25, 0.3) is 0 Å². The molecule has 2 N–H and O–H groups in total. The van der Waals surface area contributed by atoms with Gasteiger partial charge in [-0.1, -0.05) is 0 Å². The molecule has 0 spiro atoms. The van der Waals surface area contributed by atoms with Gasteiger partial charge in [0.15, 0.2) is 0 Å². The highest BCUT2D eigenvalue weighted by molar-refractivity contribution is 4.94. The molecular weight excluding hydrogens is 168 g/mol. The second kappa shape index (κ2) is 4.48. The fourth-order valence-corrected chi connectivity index (χ4v) is 1.63. The predicted molar refractivity (Wildman–Crippen MR) is 49.0 cm³/mol. The number of nitrogens with one attached hydrogen (secondary N) is 2. The van der Waals surface area contributed by atoms with Gasteiger partial charge in [0, 0.05) is 6.04 Å². The fourth-order valence-electron chi connectivity index (χ4n) is 1.63. The Morgan fingerprint density at radius 3 is 3.00 bits per heavy atom. The van der Waals surface area contributed by atoms with Crippen molar-refractivity contribution in [2.45, 2.75) is 18.9 Å². The highest BCUT2D eigenvalue weighted by atomic mass is 16.7. The molecular formula is C9H16N2O2. The molecule has 4 nitrogen and oxygen atoms in total. The van der Waals surface area contributed by atoms with Crippen molar-refractivity contribution in [1.29, 1.82) is 0 Å². The largest absolute Gasteiger partial charge is 0.462 e. The van der Waals surface area contributed by atoms with Crippen LogP contribution < -0.4 is 10.6 Å². The van der Waals surface area contributed by atoms with E-state index in [0.29, 0.717) is 12.8 Å². The van der Waals surface area contributed by atoms with Crippen LogP contribution in [0.4, 0.5) is 0 Å². The van der Waals surface area contributed by atoms with Gasteiger partial charge in [-0.15, -0.1) is 0 Å². The Morgan fingerprint density at radius 1 is 1.46 bits per heavy atom. The van der Waals surface area contributed by atoms with Gasteiger partial charge < -0.3 is 20.1 Å². The Kier molecular flexibility index (Phi) is 3.05. The van der Waals surface area contributed by atoms with E-state index in [1.54, 1.807) is 6.26 Å². The van der Waals surface area contributed by atoms with E-state index in [9.17, 15) is 0 Å². The van der Waals surface area contributed by atoms with Crippen molar-refractivity contribution in [3.63, 3.8) is 0 Å². The minimum atomic E-state index is 0.378. The normalized spacial score (nSPS) is 23.5. The van der Waals surface area contributed by atoms with Crippen LogP contribution in [-0.2, 0) is 9.47 Å². The molecule has 13 heavy (non-hydrogen) atoms. The first kappa shape index (κ1) is 8.84. The second-order valence-corrected chi connectivity index (χ2v) is 3.42. The zero-order chi connectivity index (χ0) is 8.93. The lowest BCUT2D eigenvalue weighted by molar-refractivity contribution is 0.0783. The minimum absolute atomic E-state index is 0.378. The standard InChI is InChI=1S/C9H16N2O2/c1-3-10-4-2-8(1)11-5-9-6-12-7-13-9/h6,8,10-11H,1-5,7H2. The summed E-state index contributed by atoms with van der Waals surface area (Å²) in [5, 5.41) is 6.78. The molecule has 0 aliphatic carbocycles. The number of rotatable bonds is 3. The number of ether oxygens (including phenoxy) is 2. The third kappa shape index (κ3) is 2.60. The maximum atomic E-state index is 5.20. The predicted octanol–water partition coefficient (Wildman–Crippen LogP) is 0.174. The molecule has 4 heteroatoms. The van der Waals surface area contributed by atoms with E-state index in [4.69, 9.17) is 9.47 Å². The molecule has 74 valence electrons. The van der Waals surface area contributed by atoms with Crippen LogP contribution in [0.2, 0.25) is 0 Å². The van der Waals surface area contributed by atoms with E-state index in [1.165, 1.54) is 12.8 Å². The monoisotopic (exact) mass is 184 g/mol. The molecule has 0 aromatic carbocycles. The Balaban J connectivity index is 1.66. The molecule has 0 unspecified atom stereocenters. The van der Waals surface area contributed by atoms with Gasteiger partial charge in [-0.05, 0) is 25.9 Å². The Hall–Kier alpha value is -0.740. The first-order valence-corrected chi connectivity index (χ1v) is 4.83. The summed E-state index contributed by atoms with van der Waals surface area (Å²) in [6.45, 7) is 3.41. The highest BCUT2D eigenvalue weighted by Gasteiger charge is 2.13. The lowest BCUT2D eigenvalue weighted by Gasteiger charge is -2.23. The second-order valence-electron chi connectivity index (χ2n) is 3.42. The third-order valence-electron chi connectivity index (χ3n) is 2.43. The summed E-state index contributed by atoms with van der Waals surface area (Å²) < 4.78 is 10.2. The third-order valence-corrected chi connectivity index (χ3v) is 2.43. The van der Waals surface area contributed by atoms with Gasteiger partial charge in [-0.2, -0.15) is 0 Å². The zero-order valence-electron chi connectivity index (χ0n) is 7.71. The van der Waals surface area contributed by atoms with Crippen molar-refractivity contribution >= 4 is 0 Å². The molecule has 2 aliphatic heterocycles. The van der Waals surface area contributed by atoms with Crippen LogP contribution in [0.1, 0.15) is 12.8 Å². The van der Waals surface area contributed by atoms with Crippen molar-refractivity contribution < 1.29 is 9.47 Å². The van der Waals surface area contributed by atoms with E-state index in [2.05, 4.69) is 10.6 Å². The maximum absolute atomic E-state index is 5.20. The molecule has 0 saturated carbocycles. The van der Waals surface area contributed by atoms with Crippen molar-refractivity contribution in [2.24, 2.45) is 0 Å². The van der Waals surface area contributed by atoms with Crippen LogP contribution in [0, 0.1) is 0 Å². The molecule has 2 aliphatic rings. The quantitative estimate of drug-likeness (QED) is 0.656. The SMILES string of the molecule is C1=C(CNC2CCNCC2)OCO1. The summed E-state index contributed by atoms with van der Waals surface area (Å²) in [5.74, 6) is 0.915. The van der Waals surface area contributed by atoms with Crippen LogP contribution in [-0.4, -0.2) is 32.5 Å². The lowest BCUT2D eigenvalue weighted by atomic mass is 10.1. The van der Waals surface area contributed by atoms with Crippen molar-refractivity contribution in [2.75, 3.05) is 26.4 Å². The van der Waals surface area contributed by atoms with E-state index < -0.39 is 0 Å². The van der Waals surface area contributed by atoms with Crippen molar-refractivity contribution in [1.82, 2.24) is 10.6 Å². The van der Waals surface area contributed by atoms with E-state index in [-0.39, 0.29) is 0 Å². The zero-order valence-corrected chi connectivity index (χ0v) is 7.71. The van der Waals surface area contributed by atoms with E-state index in [0.717, 1.165) is 25.4 Å². The molecule has 0 bridgehead atoms. The van der Waals surface area contributed by atoms with E-state index in [1.807, 2.05) is 0 Å². The van der Waals surface area contributed by atoms with Crippen LogP contribution >= 0.6 is 0 Å². The molecule has 2 rings (SSSR count). The van der Waals surface area contributed by atoms with Crippen LogP contribution in [0.25, 0.3) is 0 Å². The molecule has 2 heterocycles. The Morgan fingerprint density at radius 2 is 2.31 bits per heavy atom. The smallest absolute Gasteiger partial charge is 0.229 e. The Labute approximate surface area is 78.3 Å². The first-order chi connectivity index (χ1) is 6.45. The number of hydrogen-bond donors (Lipinski definition) is 2. The molecule has 0 amide bonds. The van der Waals surface area contributed by atoms with Crippen LogP contribution in [0.15, 0.2) is 12.0 Å². The summed E-state index contributed by atoms with van der Waals surface area (Å²) >= 11 is 0. The average Bonchev–Trinajstić information content (AvgIpc) is 2.69. The summed E-state index contributed by atoms with van der Waals surface area (Å²) in [4.78, 5) is 0. The minimum Gasteiger partial charge on any atom is -0.462 e. The topological polar surface area (TPSA) is 42.5 Å². The number of hydrogen-bond acceptors (Lipinski definition) is 4. The summed E-state index contributed by atoms with van der Waals surface area (Å²) in [6, 6.07) is 0.631. The number of piperidine rings is 1. The lowest BCUT2D eigenvalue weighted by Crippen LogP contribution is -2.40. The van der Waals surface area contributed by atoms with Crippen molar-refractivity contribution in [3.8, 4) is 0 Å². The van der Waals surface area contributed by atoms with Gasteiger partial charge in [0.1, 0.15) is 12.0 Å². The van der Waals surface area contributed by atoms with Gasteiger partial charge >= 0.3 is 0 Å². The fraction of sp³-hybridized carbons (Fsp3) is 0.778. The highest BCUT2D eigenvalue weighted by Crippen LogP contribution is 2.07. The average molecular weight is 184 g/mol. The molecule has 1 saturated heterocycles. The summed E-state index contributed by atoms with van der Waals surface area (Å²) in [6.07, 6.45) is 4.09. The molecule has 0 aromatic rings. The Bertz CT molecular complexity index is 188. The van der Waals surface area contributed by atoms with Crippen molar-refractivity contribution in [3.05, 3.63) is 12.0 Å². The molecule has 0 atom stereocenters. The van der Waals surface area contributed by atoms with Crippen LogP contribution in [0.3, 0.4) is 0 Å². The first-order valence-electron chi connectivity index (χ1n) is 4.83. The van der Waals surface area contributed by atoms with Gasteiger partial charge in [-0.3, -0.25) is 0 Å². The van der Waals surface area contributed by atoms with Crippen LogP contribution in [0.5, 0.6) is 0 Å². The molecule has 0 radical (unpaired) electrons. The summed E-state index contributed by atoms with van der Waals surface area (Å²) in [7, 11) is 0. The molecule has 1 fully saturated rings. The maximum Gasteiger partial charge on any atom is 0.229 e. The molecule has 0 aromatic heterocycles. The van der Waals surface area contributed by atoms with Gasteiger partial charge in [0.2, 0.25) is 6.79 Å².